The number of nitrogens with two attached hydrogens (primary N) is 1. The first-order valence-electron chi connectivity index (χ1n) is 6.87. The number of aromatic nitrogens is 3. The molecular weight excluding hydrogens is 334 g/mol. The molecule has 0 unspecified atom stereocenters. The van der Waals surface area contributed by atoms with Crippen LogP contribution in [0.15, 0.2) is 42.5 Å². The predicted molar refractivity (Wildman–Crippen MR) is 87.6 cm³/mol. The molecule has 0 saturated heterocycles. The number of halogens is 1. The van der Waals surface area contributed by atoms with E-state index in [-0.39, 0.29) is 6.61 Å². The Morgan fingerprint density at radius 2 is 1.96 bits per heavy atom. The molecule has 1 heterocycles. The molecule has 8 nitrogen and oxygen atoms in total. The van der Waals surface area contributed by atoms with E-state index in [1.165, 1.54) is 12.1 Å². The Hall–Kier alpha value is -3.13. The maximum absolute atomic E-state index is 11.9. The lowest BCUT2D eigenvalue weighted by molar-refractivity contribution is -0.121. The van der Waals surface area contributed by atoms with Crippen LogP contribution in [0.3, 0.4) is 0 Å². The zero-order valence-corrected chi connectivity index (χ0v) is 13.0. The van der Waals surface area contributed by atoms with Gasteiger partial charge in [-0.2, -0.15) is 0 Å². The van der Waals surface area contributed by atoms with E-state index in [1.54, 1.807) is 30.3 Å². The van der Waals surface area contributed by atoms with Crippen molar-refractivity contribution in [1.82, 2.24) is 15.2 Å². The first-order valence-corrected chi connectivity index (χ1v) is 7.25. The normalized spacial score (nSPS) is 10.5. The summed E-state index contributed by atoms with van der Waals surface area (Å²) in [6.45, 7) is -0.275. The number of amides is 2. The van der Waals surface area contributed by atoms with E-state index in [1.807, 2.05) is 0 Å². The lowest BCUT2D eigenvalue weighted by Gasteiger charge is -2.07. The van der Waals surface area contributed by atoms with Crippen LogP contribution in [0.2, 0.25) is 5.02 Å². The van der Waals surface area contributed by atoms with Gasteiger partial charge in [-0.3, -0.25) is 9.59 Å². The second-order valence-electron chi connectivity index (χ2n) is 4.86. The number of hydrogen-bond acceptors (Lipinski definition) is 5. The van der Waals surface area contributed by atoms with E-state index >= 15 is 0 Å². The first-order chi connectivity index (χ1) is 11.5. The third-order valence-electron chi connectivity index (χ3n) is 3.15. The van der Waals surface area contributed by atoms with Crippen molar-refractivity contribution in [2.45, 2.75) is 0 Å². The molecule has 2 amide bonds. The summed E-state index contributed by atoms with van der Waals surface area (Å²) < 4.78 is 0. The summed E-state index contributed by atoms with van der Waals surface area (Å²) in [4.78, 5) is 29.3. The topological polar surface area (TPSA) is 112 Å². The Morgan fingerprint density at radius 3 is 2.67 bits per heavy atom. The third kappa shape index (κ3) is 3.44. The van der Waals surface area contributed by atoms with Crippen molar-refractivity contribution in [2.75, 3.05) is 11.9 Å². The largest absolute Gasteiger partial charge is 0.385 e. The Kier molecular flexibility index (Phi) is 4.30. The van der Waals surface area contributed by atoms with E-state index in [2.05, 4.69) is 15.6 Å². The van der Waals surface area contributed by atoms with Gasteiger partial charge in [-0.05, 0) is 47.7 Å². The maximum Gasteiger partial charge on any atom is 0.265 e. The molecule has 3 N–H and O–H groups in total. The molecular formula is C15H12ClN5O3. The predicted octanol–water partition coefficient (Wildman–Crippen LogP) is 1.25. The summed E-state index contributed by atoms with van der Waals surface area (Å²) in [5.74, 6) is -0.930. The van der Waals surface area contributed by atoms with Crippen molar-refractivity contribution in [3.63, 3.8) is 0 Å². The van der Waals surface area contributed by atoms with Crippen LogP contribution in [0.25, 0.3) is 11.0 Å². The van der Waals surface area contributed by atoms with Gasteiger partial charge in [0.2, 0.25) is 5.91 Å². The quantitative estimate of drug-likeness (QED) is 0.722. The van der Waals surface area contributed by atoms with Crippen LogP contribution in [0.4, 0.5) is 5.69 Å². The molecule has 2 aromatic carbocycles. The van der Waals surface area contributed by atoms with Gasteiger partial charge in [0.25, 0.3) is 5.91 Å². The van der Waals surface area contributed by atoms with Gasteiger partial charge in [-0.1, -0.05) is 16.4 Å². The average molecular weight is 346 g/mol. The van der Waals surface area contributed by atoms with Crippen LogP contribution in [-0.2, 0) is 4.79 Å². The molecule has 24 heavy (non-hydrogen) atoms. The minimum atomic E-state index is -0.534. The number of nitrogens with zero attached hydrogens (tertiary/aromatic N) is 3. The fourth-order valence-electron chi connectivity index (χ4n) is 2.00. The summed E-state index contributed by atoms with van der Waals surface area (Å²) >= 11 is 5.92. The zero-order chi connectivity index (χ0) is 17.1. The van der Waals surface area contributed by atoms with Crippen molar-refractivity contribution >= 4 is 40.1 Å². The highest BCUT2D eigenvalue weighted by Crippen LogP contribution is 2.16. The number of rotatable bonds is 5. The molecule has 0 spiro atoms. The van der Waals surface area contributed by atoms with Crippen LogP contribution >= 0.6 is 11.6 Å². The lowest BCUT2D eigenvalue weighted by Crippen LogP contribution is -2.26. The highest BCUT2D eigenvalue weighted by Gasteiger charge is 2.09. The van der Waals surface area contributed by atoms with Crippen LogP contribution in [0, 0.1) is 0 Å². The number of carbonyl (C=O) groups is 2. The number of primary amides is 1. The van der Waals surface area contributed by atoms with Gasteiger partial charge in [0.05, 0.1) is 0 Å². The molecule has 0 aliphatic rings. The minimum Gasteiger partial charge on any atom is -0.385 e. The standard InChI is InChI=1S/C15H12ClN5O3/c16-10-3-6-12-13(7-10)21(20-19-12)24-8-14(22)18-11-4-1-9(2-5-11)15(17)23/h1-7H,8H2,(H2,17,23)(H,18,22). The maximum atomic E-state index is 11.9. The molecule has 0 fully saturated rings. The molecule has 0 aliphatic heterocycles. The van der Waals surface area contributed by atoms with Gasteiger partial charge in [0, 0.05) is 16.3 Å². The highest BCUT2D eigenvalue weighted by molar-refractivity contribution is 6.31. The molecule has 0 aliphatic carbocycles. The van der Waals surface area contributed by atoms with Crippen LogP contribution in [0.5, 0.6) is 0 Å². The monoisotopic (exact) mass is 345 g/mol. The molecule has 0 radical (unpaired) electrons. The van der Waals surface area contributed by atoms with E-state index < -0.39 is 11.8 Å². The van der Waals surface area contributed by atoms with Crippen molar-refractivity contribution in [2.24, 2.45) is 5.73 Å². The SMILES string of the molecule is NC(=O)c1ccc(NC(=O)COn2nnc3ccc(Cl)cc32)cc1. The molecule has 122 valence electrons. The number of benzene rings is 2. The number of anilines is 1. The Balaban J connectivity index is 1.62. The summed E-state index contributed by atoms with van der Waals surface area (Å²) in [5, 5.41) is 10.8. The number of nitrogens with one attached hydrogen (secondary N) is 1. The molecule has 1 aromatic heterocycles. The fourth-order valence-corrected chi connectivity index (χ4v) is 2.17. The number of fused-ring (bicyclic) bond motifs is 1. The summed E-state index contributed by atoms with van der Waals surface area (Å²) in [6.07, 6.45) is 0. The van der Waals surface area contributed by atoms with E-state index in [0.29, 0.717) is 27.3 Å². The highest BCUT2D eigenvalue weighted by atomic mass is 35.5. The van der Waals surface area contributed by atoms with Crippen molar-refractivity contribution < 1.29 is 14.4 Å². The summed E-state index contributed by atoms with van der Waals surface area (Å²) in [6, 6.07) is 11.2. The molecule has 0 bridgehead atoms. The van der Waals surface area contributed by atoms with Crippen LogP contribution in [0.1, 0.15) is 10.4 Å². The molecule has 9 heteroatoms. The minimum absolute atomic E-state index is 0.275. The van der Waals surface area contributed by atoms with E-state index in [9.17, 15) is 9.59 Å². The van der Waals surface area contributed by atoms with Gasteiger partial charge in [0.15, 0.2) is 6.61 Å². The lowest BCUT2D eigenvalue weighted by atomic mass is 10.2. The van der Waals surface area contributed by atoms with Crippen LogP contribution in [-0.4, -0.2) is 33.6 Å². The Morgan fingerprint density at radius 1 is 1.21 bits per heavy atom. The van der Waals surface area contributed by atoms with Gasteiger partial charge in [-0.25, -0.2) is 0 Å². The third-order valence-corrected chi connectivity index (χ3v) is 3.38. The van der Waals surface area contributed by atoms with Gasteiger partial charge >= 0.3 is 0 Å². The summed E-state index contributed by atoms with van der Waals surface area (Å²) in [5.41, 5.74) is 7.18. The number of carbonyl (C=O) groups excluding carboxylic acids is 2. The molecule has 0 saturated carbocycles. The Bertz CT molecular complexity index is 907. The zero-order valence-electron chi connectivity index (χ0n) is 12.3. The summed E-state index contributed by atoms with van der Waals surface area (Å²) in [7, 11) is 0. The average Bonchev–Trinajstić information content (AvgIpc) is 2.95. The van der Waals surface area contributed by atoms with E-state index in [0.717, 1.165) is 4.85 Å². The van der Waals surface area contributed by atoms with Crippen molar-refractivity contribution in [3.05, 3.63) is 53.1 Å². The van der Waals surface area contributed by atoms with Crippen molar-refractivity contribution in [1.29, 1.82) is 0 Å². The van der Waals surface area contributed by atoms with Gasteiger partial charge in [0.1, 0.15) is 11.0 Å². The van der Waals surface area contributed by atoms with Gasteiger partial charge < -0.3 is 15.9 Å². The van der Waals surface area contributed by atoms with Crippen molar-refractivity contribution in [3.8, 4) is 0 Å². The molecule has 3 aromatic rings. The Labute approximate surface area is 141 Å². The van der Waals surface area contributed by atoms with Gasteiger partial charge in [-0.15, -0.1) is 5.10 Å². The fraction of sp³-hybridized carbons (Fsp3) is 0.0667. The van der Waals surface area contributed by atoms with E-state index in [4.69, 9.17) is 22.2 Å². The molecule has 0 atom stereocenters. The second-order valence-corrected chi connectivity index (χ2v) is 5.30. The molecule has 3 rings (SSSR count). The number of hydrogen-bond donors (Lipinski definition) is 2. The first kappa shape index (κ1) is 15.8. The smallest absolute Gasteiger partial charge is 0.265 e. The second kappa shape index (κ2) is 6.55. The van der Waals surface area contributed by atoms with Crippen LogP contribution < -0.4 is 15.9 Å².